The molecular weight excluding hydrogens is 2390 g/mol. The van der Waals surface area contributed by atoms with Gasteiger partial charge in [0, 0.05) is 274 Å². The quantitative estimate of drug-likeness (QED) is 0.321. The zero-order chi connectivity index (χ0) is 0. The van der Waals surface area contributed by atoms with E-state index in [0.29, 0.717) is 0 Å². The number of rotatable bonds is 0. The molecule has 0 atom stereocenters. The van der Waals surface area contributed by atoms with E-state index in [4.69, 9.17) is 0 Å². The molecule has 0 aliphatic rings. The second kappa shape index (κ2) is 104. The van der Waals surface area contributed by atoms with Crippen molar-refractivity contribution in [3.8, 4) is 0 Å². The molecule has 0 nitrogen and oxygen atoms in total. The Labute approximate surface area is 266 Å². The summed E-state index contributed by atoms with van der Waals surface area (Å²) in [7, 11) is 0. The predicted octanol–water partition coefficient (Wildman–Crippen LogP) is -0.0325. The largest absolute Gasteiger partial charge is 0 e. The van der Waals surface area contributed by atoms with Gasteiger partial charge in [-0.25, -0.2) is 0 Å². The molecule has 0 spiro atoms. The molecule has 78 valence electrons. The van der Waals surface area contributed by atoms with Gasteiger partial charge >= 0.3 is 0 Å². The molecule has 13 heavy (non-hydrogen) atoms. The van der Waals surface area contributed by atoms with Crippen molar-refractivity contribution in [2.45, 2.75) is 0 Å². The maximum absolute atomic E-state index is 0. The molecule has 0 saturated carbocycles. The van der Waals surface area contributed by atoms with Gasteiger partial charge in [-0.3, -0.25) is 0 Å². The van der Waals surface area contributed by atoms with E-state index < -0.39 is 0 Å². The van der Waals surface area contributed by atoms with Crippen LogP contribution in [0.5, 0.6) is 0 Å². The van der Waals surface area contributed by atoms with Gasteiger partial charge in [0.15, 0.2) is 0 Å². The molecular formula is W13. The average Bonchev–Trinajstić information content (AvgIpc) is 0. The van der Waals surface area contributed by atoms with E-state index in [9.17, 15) is 0 Å². The maximum atomic E-state index is 0. The summed E-state index contributed by atoms with van der Waals surface area (Å²) >= 11 is 0. The average molecular weight is 2390 g/mol. The number of hydrogen-bond acceptors (Lipinski definition) is 0. The first-order valence-electron chi connectivity index (χ1n) is 0. The second-order valence-corrected chi connectivity index (χ2v) is 0. The van der Waals surface area contributed by atoms with Gasteiger partial charge in [0.1, 0.15) is 0 Å². The van der Waals surface area contributed by atoms with Crippen molar-refractivity contribution in [3.63, 3.8) is 0 Å². The van der Waals surface area contributed by atoms with Gasteiger partial charge in [0.2, 0.25) is 0 Å². The Kier molecular flexibility index (Phi) is 963. The molecule has 0 bridgehead atoms. The summed E-state index contributed by atoms with van der Waals surface area (Å²) in [5, 5.41) is 0. The molecule has 0 aliphatic heterocycles. The monoisotopic (exact) mass is 2390 g/mol. The van der Waals surface area contributed by atoms with E-state index in [1.54, 1.807) is 0 Å². The van der Waals surface area contributed by atoms with E-state index in [-0.39, 0.29) is 274 Å². The van der Waals surface area contributed by atoms with Crippen molar-refractivity contribution in [1.82, 2.24) is 0 Å². The van der Waals surface area contributed by atoms with Gasteiger partial charge in [0.05, 0.1) is 0 Å². The summed E-state index contributed by atoms with van der Waals surface area (Å²) in [5.41, 5.74) is 0. The Balaban J connectivity index is 0. The Morgan fingerprint density at radius 1 is 0.0769 bits per heavy atom. The normalized spacial score (nSPS) is 0. The minimum Gasteiger partial charge on any atom is 0 e. The maximum Gasteiger partial charge on any atom is 0 e. The molecule has 0 N–H and O–H groups in total. The summed E-state index contributed by atoms with van der Waals surface area (Å²) in [6, 6.07) is 0. The van der Waals surface area contributed by atoms with Gasteiger partial charge in [-0.05, 0) is 0 Å². The van der Waals surface area contributed by atoms with E-state index >= 15 is 0 Å². The third-order valence-electron chi connectivity index (χ3n) is 0. The van der Waals surface area contributed by atoms with Gasteiger partial charge in [0.25, 0.3) is 0 Å². The fourth-order valence-corrected chi connectivity index (χ4v) is 0. The molecule has 0 rings (SSSR count). The van der Waals surface area contributed by atoms with Crippen molar-refractivity contribution in [2.75, 3.05) is 0 Å². The Hall–Kier alpha value is 8.95. The smallest absolute Gasteiger partial charge is 0 e. The Bertz CT molecular complexity index is 0. The molecule has 13 heteroatoms. The van der Waals surface area contributed by atoms with Crippen LogP contribution in [0, 0.1) is 0 Å². The van der Waals surface area contributed by atoms with Crippen molar-refractivity contribution in [1.29, 1.82) is 0 Å². The van der Waals surface area contributed by atoms with Crippen LogP contribution in [0.15, 0.2) is 0 Å². The molecule has 0 saturated heterocycles. The van der Waals surface area contributed by atoms with Gasteiger partial charge in [-0.15, -0.1) is 0 Å². The molecule has 0 unspecified atom stereocenters. The minimum absolute atomic E-state index is 0. The molecule has 0 aromatic rings. The van der Waals surface area contributed by atoms with Crippen LogP contribution in [0.3, 0.4) is 0 Å². The van der Waals surface area contributed by atoms with Crippen LogP contribution < -0.4 is 0 Å². The summed E-state index contributed by atoms with van der Waals surface area (Å²) in [4.78, 5) is 0. The van der Waals surface area contributed by atoms with Gasteiger partial charge < -0.3 is 0 Å². The second-order valence-electron chi connectivity index (χ2n) is 0. The van der Waals surface area contributed by atoms with Crippen molar-refractivity contribution in [2.24, 2.45) is 0 Å². The Morgan fingerprint density at radius 3 is 0.0769 bits per heavy atom. The third kappa shape index (κ3) is 93.9. The van der Waals surface area contributed by atoms with E-state index in [1.807, 2.05) is 0 Å². The van der Waals surface area contributed by atoms with Gasteiger partial charge in [-0.2, -0.15) is 0 Å². The summed E-state index contributed by atoms with van der Waals surface area (Å²) in [6.07, 6.45) is 0. The molecule has 0 aromatic heterocycles. The van der Waals surface area contributed by atoms with Crippen LogP contribution in [0.4, 0.5) is 0 Å². The topological polar surface area (TPSA) is 0 Å². The minimum atomic E-state index is 0. The standard InChI is InChI=1S/13W. The molecule has 0 radical (unpaired) electrons. The van der Waals surface area contributed by atoms with Crippen LogP contribution in [-0.4, -0.2) is 0 Å². The zero-order valence-electron chi connectivity index (χ0n) is 5.31. The van der Waals surface area contributed by atoms with E-state index in [0.717, 1.165) is 0 Å². The van der Waals surface area contributed by atoms with Crippen LogP contribution in [-0.2, 0) is 274 Å². The molecule has 0 aliphatic carbocycles. The Morgan fingerprint density at radius 2 is 0.0769 bits per heavy atom. The predicted molar refractivity (Wildman–Crippen MR) is 0 cm³/mol. The SMILES string of the molecule is [W].[W].[W].[W].[W].[W].[W].[W].[W].[W].[W].[W].[W]. The van der Waals surface area contributed by atoms with Crippen LogP contribution in [0.2, 0.25) is 0 Å². The third-order valence-corrected chi connectivity index (χ3v) is 0. The van der Waals surface area contributed by atoms with Crippen LogP contribution in [0.1, 0.15) is 0 Å². The summed E-state index contributed by atoms with van der Waals surface area (Å²) in [5.74, 6) is 0. The summed E-state index contributed by atoms with van der Waals surface area (Å²) in [6.45, 7) is 0. The fourth-order valence-electron chi connectivity index (χ4n) is 0. The summed E-state index contributed by atoms with van der Waals surface area (Å²) < 4.78 is 0. The van der Waals surface area contributed by atoms with Crippen molar-refractivity contribution < 1.29 is 274 Å². The molecule has 0 heterocycles. The number of hydrogen-bond donors (Lipinski definition) is 0. The first-order valence-corrected chi connectivity index (χ1v) is 0. The van der Waals surface area contributed by atoms with Crippen LogP contribution >= 0.6 is 0 Å². The molecule has 0 fully saturated rings. The zero-order valence-corrected chi connectivity index (χ0v) is 43.4. The van der Waals surface area contributed by atoms with E-state index in [1.165, 1.54) is 0 Å². The van der Waals surface area contributed by atoms with Crippen LogP contribution in [0.25, 0.3) is 0 Å². The first kappa shape index (κ1) is 120. The molecule has 0 aromatic carbocycles. The fraction of sp³-hybridized carbons (Fsp3) is 0. The molecule has 0 amide bonds. The van der Waals surface area contributed by atoms with Crippen molar-refractivity contribution in [3.05, 3.63) is 0 Å². The first-order chi connectivity index (χ1) is 0. The van der Waals surface area contributed by atoms with Gasteiger partial charge in [-0.1, -0.05) is 0 Å². The van der Waals surface area contributed by atoms with Crippen molar-refractivity contribution >= 4 is 0 Å². The van der Waals surface area contributed by atoms with E-state index in [2.05, 4.69) is 0 Å².